The fraction of sp³-hybridized carbons (Fsp3) is 1.00. The molecule has 1 aliphatic carbocycles. The molecule has 108 valence electrons. The zero-order valence-corrected chi connectivity index (χ0v) is 12.6. The third kappa shape index (κ3) is 4.84. The van der Waals surface area contributed by atoms with Crippen LogP contribution in [0.2, 0.25) is 0 Å². The van der Waals surface area contributed by atoms with Crippen LogP contribution < -0.4 is 10.0 Å². The van der Waals surface area contributed by atoms with Crippen LogP contribution in [0.3, 0.4) is 0 Å². The van der Waals surface area contributed by atoms with Gasteiger partial charge in [0.2, 0.25) is 0 Å². The summed E-state index contributed by atoms with van der Waals surface area (Å²) in [4.78, 5) is 0. The highest BCUT2D eigenvalue weighted by Crippen LogP contribution is 2.39. The highest BCUT2D eigenvalue weighted by atomic mass is 32.2. The van der Waals surface area contributed by atoms with Gasteiger partial charge in [0.15, 0.2) is 0 Å². The Morgan fingerprint density at radius 1 is 1.33 bits per heavy atom. The van der Waals surface area contributed by atoms with Crippen molar-refractivity contribution in [3.8, 4) is 0 Å². The molecular formula is C12H27N3O2S. The predicted octanol–water partition coefficient (Wildman–Crippen LogP) is 0.942. The van der Waals surface area contributed by atoms with Gasteiger partial charge in [0.1, 0.15) is 0 Å². The number of hydrogen-bond donors (Lipinski definition) is 2. The lowest BCUT2D eigenvalue weighted by Crippen LogP contribution is -2.45. The van der Waals surface area contributed by atoms with Crippen LogP contribution in [-0.2, 0) is 10.2 Å². The molecule has 0 aromatic carbocycles. The highest BCUT2D eigenvalue weighted by molar-refractivity contribution is 7.87. The van der Waals surface area contributed by atoms with Gasteiger partial charge in [-0.15, -0.1) is 0 Å². The summed E-state index contributed by atoms with van der Waals surface area (Å²) in [7, 11) is -1.67. The zero-order chi connectivity index (χ0) is 13.6. The van der Waals surface area contributed by atoms with E-state index in [2.05, 4.69) is 17.0 Å². The van der Waals surface area contributed by atoms with E-state index in [1.165, 1.54) is 10.7 Å². The van der Waals surface area contributed by atoms with E-state index in [1.54, 1.807) is 7.05 Å². The van der Waals surface area contributed by atoms with Gasteiger partial charge in [-0.3, -0.25) is 0 Å². The maximum absolute atomic E-state index is 12.0. The van der Waals surface area contributed by atoms with Gasteiger partial charge in [-0.25, -0.2) is 4.72 Å². The predicted molar refractivity (Wildman–Crippen MR) is 74.7 cm³/mol. The number of nitrogens with one attached hydrogen (secondary N) is 2. The summed E-state index contributed by atoms with van der Waals surface area (Å²) in [6.07, 6.45) is 4.30. The molecule has 1 saturated carbocycles. The Bertz CT molecular complexity index is 339. The second kappa shape index (κ2) is 6.84. The van der Waals surface area contributed by atoms with Gasteiger partial charge in [-0.05, 0) is 37.8 Å². The van der Waals surface area contributed by atoms with E-state index >= 15 is 0 Å². The molecule has 18 heavy (non-hydrogen) atoms. The molecule has 1 aliphatic rings. The Kier molecular flexibility index (Phi) is 6.04. The van der Waals surface area contributed by atoms with Crippen LogP contribution in [0.15, 0.2) is 0 Å². The van der Waals surface area contributed by atoms with Crippen LogP contribution in [0, 0.1) is 5.41 Å². The lowest BCUT2D eigenvalue weighted by atomic mass is 9.71. The van der Waals surface area contributed by atoms with E-state index in [0.717, 1.165) is 32.4 Å². The van der Waals surface area contributed by atoms with Crippen LogP contribution in [0.1, 0.15) is 39.5 Å². The Balaban J connectivity index is 2.28. The second-order valence-corrected chi connectivity index (χ2v) is 7.38. The van der Waals surface area contributed by atoms with Crippen molar-refractivity contribution >= 4 is 10.2 Å². The van der Waals surface area contributed by atoms with Crippen LogP contribution in [0.25, 0.3) is 0 Å². The van der Waals surface area contributed by atoms with Gasteiger partial charge < -0.3 is 5.32 Å². The molecule has 1 rings (SSSR count). The monoisotopic (exact) mass is 277 g/mol. The Morgan fingerprint density at radius 2 is 2.00 bits per heavy atom. The minimum Gasteiger partial charge on any atom is -0.317 e. The molecule has 0 atom stereocenters. The molecule has 1 fully saturated rings. The van der Waals surface area contributed by atoms with E-state index in [0.29, 0.717) is 13.1 Å². The van der Waals surface area contributed by atoms with E-state index < -0.39 is 10.2 Å². The standard InChI is InChI=1S/C12H27N3O2S/c1-4-13-9-6-10-15(3)18(16,17)14-11-12(2)7-5-8-12/h13-14H,4-11H2,1-3H3. The lowest BCUT2D eigenvalue weighted by molar-refractivity contribution is 0.165. The second-order valence-electron chi connectivity index (χ2n) is 5.52. The summed E-state index contributed by atoms with van der Waals surface area (Å²) in [5, 5.41) is 3.19. The van der Waals surface area contributed by atoms with Crippen LogP contribution in [0.5, 0.6) is 0 Å². The van der Waals surface area contributed by atoms with Gasteiger partial charge in [-0.2, -0.15) is 12.7 Å². The first-order chi connectivity index (χ1) is 8.40. The molecule has 0 unspecified atom stereocenters. The summed E-state index contributed by atoms with van der Waals surface area (Å²) in [5.74, 6) is 0. The fourth-order valence-electron chi connectivity index (χ4n) is 2.06. The first-order valence-electron chi connectivity index (χ1n) is 6.81. The summed E-state index contributed by atoms with van der Waals surface area (Å²) >= 11 is 0. The SMILES string of the molecule is CCNCCCN(C)S(=O)(=O)NCC1(C)CCC1. The van der Waals surface area contributed by atoms with Crippen LogP contribution in [-0.4, -0.2) is 45.9 Å². The van der Waals surface area contributed by atoms with Gasteiger partial charge in [0.05, 0.1) is 0 Å². The third-order valence-electron chi connectivity index (χ3n) is 3.73. The van der Waals surface area contributed by atoms with E-state index in [1.807, 2.05) is 6.92 Å². The zero-order valence-electron chi connectivity index (χ0n) is 11.8. The van der Waals surface area contributed by atoms with Gasteiger partial charge in [0, 0.05) is 20.1 Å². The molecule has 0 heterocycles. The van der Waals surface area contributed by atoms with Crippen molar-refractivity contribution in [3.05, 3.63) is 0 Å². The average Bonchev–Trinajstić information content (AvgIpc) is 2.29. The molecule has 0 aromatic rings. The minimum absolute atomic E-state index is 0.178. The minimum atomic E-state index is -3.30. The molecule has 6 heteroatoms. The van der Waals surface area contributed by atoms with E-state index in [4.69, 9.17) is 0 Å². The molecule has 0 amide bonds. The van der Waals surface area contributed by atoms with Crippen molar-refractivity contribution in [1.82, 2.24) is 14.3 Å². The summed E-state index contributed by atoms with van der Waals surface area (Å²) in [5.41, 5.74) is 0.178. The molecule has 0 aliphatic heterocycles. The van der Waals surface area contributed by atoms with Crippen molar-refractivity contribution in [2.24, 2.45) is 5.41 Å². The number of hydrogen-bond acceptors (Lipinski definition) is 3. The Labute approximate surface area is 112 Å². The fourth-order valence-corrected chi connectivity index (χ4v) is 3.18. The van der Waals surface area contributed by atoms with Gasteiger partial charge in [-0.1, -0.05) is 20.3 Å². The Morgan fingerprint density at radius 3 is 2.50 bits per heavy atom. The van der Waals surface area contributed by atoms with Gasteiger partial charge >= 0.3 is 0 Å². The van der Waals surface area contributed by atoms with Crippen molar-refractivity contribution in [1.29, 1.82) is 0 Å². The van der Waals surface area contributed by atoms with Crippen molar-refractivity contribution in [2.75, 3.05) is 33.2 Å². The largest absolute Gasteiger partial charge is 0.317 e. The quantitative estimate of drug-likeness (QED) is 0.617. The summed E-state index contributed by atoms with van der Waals surface area (Å²) < 4.78 is 28.1. The van der Waals surface area contributed by atoms with Crippen molar-refractivity contribution in [3.63, 3.8) is 0 Å². The Hall–Kier alpha value is -0.170. The van der Waals surface area contributed by atoms with Crippen molar-refractivity contribution in [2.45, 2.75) is 39.5 Å². The first kappa shape index (κ1) is 15.9. The molecule has 5 nitrogen and oxygen atoms in total. The molecule has 0 saturated heterocycles. The molecule has 2 N–H and O–H groups in total. The van der Waals surface area contributed by atoms with Crippen LogP contribution >= 0.6 is 0 Å². The lowest BCUT2D eigenvalue weighted by Gasteiger charge is -2.38. The average molecular weight is 277 g/mol. The third-order valence-corrected chi connectivity index (χ3v) is 5.24. The molecule has 0 spiro atoms. The van der Waals surface area contributed by atoms with Crippen LogP contribution in [0.4, 0.5) is 0 Å². The summed E-state index contributed by atoms with van der Waals surface area (Å²) in [6, 6.07) is 0. The smallest absolute Gasteiger partial charge is 0.279 e. The molecule has 0 radical (unpaired) electrons. The topological polar surface area (TPSA) is 61.4 Å². The maximum Gasteiger partial charge on any atom is 0.279 e. The maximum atomic E-state index is 12.0. The first-order valence-corrected chi connectivity index (χ1v) is 8.25. The van der Waals surface area contributed by atoms with E-state index in [9.17, 15) is 8.42 Å². The molecule has 0 aromatic heterocycles. The highest BCUT2D eigenvalue weighted by Gasteiger charge is 2.33. The normalized spacial score (nSPS) is 18.9. The van der Waals surface area contributed by atoms with Crippen molar-refractivity contribution < 1.29 is 8.42 Å². The summed E-state index contributed by atoms with van der Waals surface area (Å²) in [6.45, 7) is 7.08. The number of rotatable bonds is 9. The molecular weight excluding hydrogens is 250 g/mol. The molecule has 0 bridgehead atoms. The van der Waals surface area contributed by atoms with E-state index in [-0.39, 0.29) is 5.41 Å². The number of nitrogens with zero attached hydrogens (tertiary/aromatic N) is 1. The van der Waals surface area contributed by atoms with Gasteiger partial charge in [0.25, 0.3) is 10.2 Å².